The summed E-state index contributed by atoms with van der Waals surface area (Å²) in [5.74, 6) is 0. The molecular weight excluding hydrogens is 797 g/mol. The van der Waals surface area contributed by atoms with E-state index in [0.29, 0.717) is 0 Å². The van der Waals surface area contributed by atoms with Crippen molar-refractivity contribution in [3.05, 3.63) is 293 Å². The van der Waals surface area contributed by atoms with Crippen molar-refractivity contribution < 1.29 is 0 Å². The van der Waals surface area contributed by atoms with E-state index in [2.05, 4.69) is 272 Å². The number of para-hydroxylation sites is 3. The maximum Gasteiger partial charge on any atom is 0.0725 e. The van der Waals surface area contributed by atoms with Gasteiger partial charge in [-0.05, 0) is 153 Å². The Balaban J connectivity index is 0.939. The Morgan fingerprint density at radius 3 is 1.18 bits per heavy atom. The van der Waals surface area contributed by atoms with Crippen LogP contribution >= 0.6 is 0 Å². The molecule has 2 aliphatic carbocycles. The van der Waals surface area contributed by atoms with Crippen molar-refractivity contribution in [1.29, 1.82) is 0 Å². The van der Waals surface area contributed by atoms with Crippen LogP contribution in [0.5, 0.6) is 0 Å². The molecule has 314 valence electrons. The molecule has 0 saturated carbocycles. The fraction of sp³-hybridized carbons (Fsp3) is 0.0312. The van der Waals surface area contributed by atoms with Crippen molar-refractivity contribution in [2.75, 3.05) is 9.80 Å². The average Bonchev–Trinajstić information content (AvgIpc) is 3.84. The normalized spacial score (nSPS) is 14.5. The predicted molar refractivity (Wildman–Crippen MR) is 281 cm³/mol. The summed E-state index contributed by atoms with van der Waals surface area (Å²) in [6.07, 6.45) is 12.9. The van der Waals surface area contributed by atoms with E-state index in [0.717, 1.165) is 45.3 Å². The van der Waals surface area contributed by atoms with Crippen molar-refractivity contribution in [2.24, 2.45) is 0 Å². The molecule has 0 aromatic heterocycles. The van der Waals surface area contributed by atoms with Crippen LogP contribution in [0.25, 0.3) is 46.6 Å². The van der Waals surface area contributed by atoms with Gasteiger partial charge in [0.1, 0.15) is 0 Å². The van der Waals surface area contributed by atoms with Crippen molar-refractivity contribution in [3.8, 4) is 22.3 Å². The van der Waals surface area contributed by atoms with E-state index in [-0.39, 0.29) is 0 Å². The first-order valence-corrected chi connectivity index (χ1v) is 22.7. The highest BCUT2D eigenvalue weighted by Gasteiger charge is 2.51. The molecule has 0 fully saturated rings. The second-order valence-electron chi connectivity index (χ2n) is 17.0. The Morgan fingerprint density at radius 1 is 0.364 bits per heavy atom. The summed E-state index contributed by atoms with van der Waals surface area (Å²) in [4.78, 5) is 4.56. The molecule has 2 heteroatoms. The zero-order chi connectivity index (χ0) is 44.5. The number of allylic oxidation sites excluding steroid dienone is 3. The van der Waals surface area contributed by atoms with E-state index < -0.39 is 5.41 Å². The molecule has 0 amide bonds. The summed E-state index contributed by atoms with van der Waals surface area (Å²) in [7, 11) is 0. The van der Waals surface area contributed by atoms with Gasteiger partial charge in [0.05, 0.1) is 5.41 Å². The molecule has 0 aliphatic heterocycles. The van der Waals surface area contributed by atoms with Crippen LogP contribution in [-0.2, 0) is 5.41 Å². The van der Waals surface area contributed by atoms with Crippen LogP contribution in [0.2, 0.25) is 0 Å². The third-order valence-electron chi connectivity index (χ3n) is 13.1. The van der Waals surface area contributed by atoms with E-state index in [1.165, 1.54) is 55.6 Å². The maximum atomic E-state index is 3.94. The molecule has 2 aliphatic rings. The van der Waals surface area contributed by atoms with Gasteiger partial charge in [0.25, 0.3) is 0 Å². The van der Waals surface area contributed by atoms with E-state index in [9.17, 15) is 0 Å². The first kappa shape index (κ1) is 40.3. The van der Waals surface area contributed by atoms with Gasteiger partial charge in [-0.1, -0.05) is 189 Å². The van der Waals surface area contributed by atoms with Gasteiger partial charge in [-0.25, -0.2) is 0 Å². The van der Waals surface area contributed by atoms with E-state index in [1.54, 1.807) is 0 Å². The fourth-order valence-electron chi connectivity index (χ4n) is 10.2. The van der Waals surface area contributed by atoms with Gasteiger partial charge in [0, 0.05) is 34.1 Å². The summed E-state index contributed by atoms with van der Waals surface area (Å²) in [6, 6.07) is 81.4. The highest BCUT2D eigenvalue weighted by molar-refractivity contribution is 5.96. The molecule has 0 N–H and O–H groups in total. The van der Waals surface area contributed by atoms with Crippen molar-refractivity contribution in [3.63, 3.8) is 0 Å². The topological polar surface area (TPSA) is 6.48 Å². The Bertz CT molecular complexity index is 3250. The largest absolute Gasteiger partial charge is 0.315 e. The monoisotopic (exact) mass is 844 g/mol. The molecular formula is C64H48N2. The first-order chi connectivity index (χ1) is 32.6. The minimum absolute atomic E-state index is 0.453. The average molecular weight is 845 g/mol. The molecule has 9 aromatic rings. The lowest BCUT2D eigenvalue weighted by molar-refractivity contribution is 0.793. The number of rotatable bonds is 11. The molecule has 1 unspecified atom stereocenters. The highest BCUT2D eigenvalue weighted by atomic mass is 15.1. The van der Waals surface area contributed by atoms with Gasteiger partial charge in [-0.2, -0.15) is 0 Å². The second kappa shape index (κ2) is 17.3. The zero-order valence-corrected chi connectivity index (χ0v) is 36.9. The van der Waals surface area contributed by atoms with Gasteiger partial charge in [-0.15, -0.1) is 0 Å². The van der Waals surface area contributed by atoms with Gasteiger partial charge in [0.2, 0.25) is 0 Å². The molecule has 0 saturated heterocycles. The van der Waals surface area contributed by atoms with Crippen LogP contribution < -0.4 is 9.80 Å². The van der Waals surface area contributed by atoms with Crippen molar-refractivity contribution in [1.82, 2.24) is 0 Å². The summed E-state index contributed by atoms with van der Waals surface area (Å²) in [6.45, 7) is 6.06. The number of hydrogen-bond acceptors (Lipinski definition) is 2. The van der Waals surface area contributed by atoms with Crippen LogP contribution in [0.3, 0.4) is 0 Å². The molecule has 1 spiro atoms. The molecule has 0 radical (unpaired) electrons. The number of benzene rings is 9. The molecule has 11 rings (SSSR count). The van der Waals surface area contributed by atoms with Crippen LogP contribution in [0.1, 0.15) is 51.4 Å². The van der Waals surface area contributed by atoms with Gasteiger partial charge in [-0.3, -0.25) is 0 Å². The van der Waals surface area contributed by atoms with Gasteiger partial charge < -0.3 is 9.80 Å². The lowest BCUT2D eigenvalue weighted by Gasteiger charge is -2.30. The van der Waals surface area contributed by atoms with E-state index in [4.69, 9.17) is 0 Å². The van der Waals surface area contributed by atoms with Crippen LogP contribution in [-0.4, -0.2) is 0 Å². The Kier molecular flexibility index (Phi) is 10.5. The molecule has 2 nitrogen and oxygen atoms in total. The Labute approximate surface area is 388 Å². The van der Waals surface area contributed by atoms with Crippen molar-refractivity contribution in [2.45, 2.75) is 12.3 Å². The highest BCUT2D eigenvalue weighted by Crippen LogP contribution is 2.63. The van der Waals surface area contributed by atoms with Gasteiger partial charge >= 0.3 is 0 Å². The van der Waals surface area contributed by atoms with Crippen LogP contribution in [0.4, 0.5) is 28.4 Å². The summed E-state index contributed by atoms with van der Waals surface area (Å²) >= 11 is 0. The second-order valence-corrected chi connectivity index (χ2v) is 17.0. The number of hydrogen-bond donors (Lipinski definition) is 0. The van der Waals surface area contributed by atoms with Gasteiger partial charge in [0.15, 0.2) is 0 Å². The first-order valence-electron chi connectivity index (χ1n) is 22.7. The van der Waals surface area contributed by atoms with Crippen LogP contribution in [0, 0.1) is 0 Å². The summed E-state index contributed by atoms with van der Waals surface area (Å²) < 4.78 is 0. The molecule has 9 aromatic carbocycles. The number of nitrogens with zero attached hydrogens (tertiary/aromatic N) is 2. The fourth-order valence-corrected chi connectivity index (χ4v) is 10.2. The smallest absolute Gasteiger partial charge is 0.0725 e. The third kappa shape index (κ3) is 7.10. The van der Waals surface area contributed by atoms with Crippen LogP contribution in [0.15, 0.2) is 249 Å². The molecule has 0 bridgehead atoms. The Hall–Kier alpha value is -8.46. The Morgan fingerprint density at radius 2 is 0.712 bits per heavy atom. The zero-order valence-electron chi connectivity index (χ0n) is 36.9. The lowest BCUT2D eigenvalue weighted by Crippen LogP contribution is -2.26. The third-order valence-corrected chi connectivity index (χ3v) is 13.1. The predicted octanol–water partition coefficient (Wildman–Crippen LogP) is 17.1. The minimum Gasteiger partial charge on any atom is -0.315 e. The quantitative estimate of drug-likeness (QED) is 0.0945. The van der Waals surface area contributed by atoms with E-state index in [1.807, 2.05) is 12.2 Å². The summed E-state index contributed by atoms with van der Waals surface area (Å²) in [5, 5.41) is 0. The standard InChI is InChI=1S/C64H48N2/c1-3-17-46(2)65(51-18-7-4-8-19-51)54-38-32-47(33-39-54)28-30-49-36-42-58-56-24-13-15-26-60(56)64(62(58)44-49)61-27-16-14-25-57(61)59-43-37-50(45-63(59)64)31-29-48-34-40-55(41-35-48)66(52-20-9-5-10-21-52)53-22-11-6-12-23-53/h3-45H,1H2,2H3. The number of fused-ring (bicyclic) bond motifs is 10. The maximum absolute atomic E-state index is 3.94. The summed E-state index contributed by atoms with van der Waals surface area (Å²) in [5.41, 5.74) is 21.4. The SMILES string of the molecule is C=CC=C(C)N(c1ccccc1)c1ccc(C=Cc2ccc3c(c2)C2(c4ccccc4-3)c3ccccc3-c3ccc(C=Cc4ccc(N(c5ccccc5)c5ccccc5)cc4)cc32)cc1. The molecule has 0 heterocycles. The minimum atomic E-state index is -0.453. The molecule has 1 atom stereocenters. The lowest BCUT2D eigenvalue weighted by atomic mass is 9.70. The molecule has 66 heavy (non-hydrogen) atoms. The van der Waals surface area contributed by atoms with E-state index >= 15 is 0 Å². The number of anilines is 5. The van der Waals surface area contributed by atoms with Crippen molar-refractivity contribution >= 4 is 52.7 Å².